The number of fused-ring (bicyclic) bond motifs is 1. The molecule has 1 heterocycles. The van der Waals surface area contributed by atoms with Crippen LogP contribution in [-0.4, -0.2) is 38.4 Å². The van der Waals surface area contributed by atoms with Crippen molar-refractivity contribution in [3.8, 4) is 5.75 Å². The van der Waals surface area contributed by atoms with Gasteiger partial charge in [-0.1, -0.05) is 44.5 Å². The summed E-state index contributed by atoms with van der Waals surface area (Å²) in [5.41, 5.74) is 2.51. The summed E-state index contributed by atoms with van der Waals surface area (Å²) in [5, 5.41) is 11.9. The normalized spacial score (nSPS) is 11.7. The Balaban J connectivity index is 0.00000106. The van der Waals surface area contributed by atoms with Crippen molar-refractivity contribution in [2.45, 2.75) is 64.2 Å². The number of carbonyl (C=O) groups excluding carboxylic acids is 1. The van der Waals surface area contributed by atoms with Crippen molar-refractivity contribution < 1.29 is 14.6 Å². The molecule has 0 spiro atoms. The number of phenolic OH excluding ortho intramolecular Hbond substituents is 1. The van der Waals surface area contributed by atoms with Gasteiger partial charge in [0, 0.05) is 44.2 Å². The number of hydrogen-bond acceptors (Lipinski definition) is 4. The average molecular weight is 607 g/mol. The third kappa shape index (κ3) is 9.24. The largest absolute Gasteiger partial charge is 0.643 e. The maximum atomic E-state index is 12.7. The van der Waals surface area contributed by atoms with E-state index in [9.17, 15) is 9.90 Å². The topological polar surface area (TPSA) is 51.5 Å². The van der Waals surface area contributed by atoms with Gasteiger partial charge >= 0.3 is 17.4 Å². The molecule has 2 aromatic carbocycles. The molecular weight excluding hydrogens is 575 g/mol. The Morgan fingerprint density at radius 3 is 2.17 bits per heavy atom. The number of thioether (sulfide) groups is 1. The van der Waals surface area contributed by atoms with Gasteiger partial charge < -0.3 is 14.4 Å². The molecule has 4 nitrogen and oxygen atoms in total. The van der Waals surface area contributed by atoms with Gasteiger partial charge in [0.25, 0.3) is 0 Å². The first-order valence-electron chi connectivity index (χ1n) is 11.5. The van der Waals surface area contributed by atoms with Crippen molar-refractivity contribution in [3.63, 3.8) is 0 Å². The van der Waals surface area contributed by atoms with Crippen LogP contribution < -0.4 is 0 Å². The van der Waals surface area contributed by atoms with Gasteiger partial charge in [-0.05, 0) is 56.7 Å². The molecule has 3 aromatic rings. The molecule has 0 radical (unpaired) electrons. The standard InChI is InChI=1S/C26H32ClNO3S.Al.3ClH/c1-7-31-24(30)26(5,6)15-22-23(32-25(2,3)4)20-14-19(29)12-13-21(20)28(22)16-17-8-10-18(27)11-9-17;;;;/h8-14,29H,7,15-16H2,1-6H3;;3*1H/q;+3;;;/p-3. The molecule has 0 fully saturated rings. The van der Waals surface area contributed by atoms with Crippen LogP contribution in [0.25, 0.3) is 10.9 Å². The Morgan fingerprint density at radius 2 is 1.64 bits per heavy atom. The van der Waals surface area contributed by atoms with Crippen molar-refractivity contribution in [2.24, 2.45) is 5.41 Å². The van der Waals surface area contributed by atoms with E-state index in [1.54, 1.807) is 17.8 Å². The number of carbonyl (C=O) groups is 1. The molecule has 1 aromatic heterocycles. The second kappa shape index (κ2) is 13.4. The average Bonchev–Trinajstić information content (AvgIpc) is 2.99. The molecule has 0 bridgehead atoms. The fourth-order valence-corrected chi connectivity index (χ4v) is 5.04. The number of nitrogens with zero attached hydrogens (tertiary/aromatic N) is 1. The second-order valence-corrected chi connectivity index (χ2v) is 18.6. The van der Waals surface area contributed by atoms with Gasteiger partial charge in [0.2, 0.25) is 0 Å². The van der Waals surface area contributed by atoms with E-state index in [0.29, 0.717) is 24.6 Å². The molecule has 36 heavy (non-hydrogen) atoms. The van der Waals surface area contributed by atoms with Gasteiger partial charge in [0.15, 0.2) is 0 Å². The van der Waals surface area contributed by atoms with Gasteiger partial charge in [-0.15, -0.1) is 11.8 Å². The first-order valence-corrected chi connectivity index (χ1v) is 17.9. The summed E-state index contributed by atoms with van der Waals surface area (Å²) in [6.45, 7) is 13.2. The highest BCUT2D eigenvalue weighted by atomic mass is 35.8. The fraction of sp³-hybridized carbons (Fsp3) is 0.423. The van der Waals surface area contributed by atoms with E-state index < -0.39 is 16.8 Å². The monoisotopic (exact) mass is 605 g/mol. The van der Waals surface area contributed by atoms with E-state index >= 15 is 0 Å². The van der Waals surface area contributed by atoms with Crippen molar-refractivity contribution in [3.05, 3.63) is 58.7 Å². The Hall–Kier alpha value is -0.708. The molecule has 0 amide bonds. The Kier molecular flexibility index (Phi) is 11.7. The number of halogens is 4. The first kappa shape index (κ1) is 31.5. The van der Waals surface area contributed by atoms with Crippen molar-refractivity contribution >= 4 is 81.8 Å². The smallest absolute Gasteiger partial charge is 0.508 e. The lowest BCUT2D eigenvalue weighted by Crippen LogP contribution is -2.30. The summed E-state index contributed by atoms with van der Waals surface area (Å²) in [5.74, 6) is 0.0194. The molecular formula is C26H32AlCl4NO3S. The molecule has 0 aliphatic rings. The molecule has 1 N–H and O–H groups in total. The van der Waals surface area contributed by atoms with Gasteiger partial charge in [0.1, 0.15) is 5.75 Å². The zero-order valence-electron chi connectivity index (χ0n) is 21.4. The number of rotatable bonds is 7. The highest BCUT2D eigenvalue weighted by molar-refractivity contribution is 8.00. The van der Waals surface area contributed by atoms with Gasteiger partial charge in [0.05, 0.1) is 12.0 Å². The van der Waals surface area contributed by atoms with Gasteiger partial charge in [-0.3, -0.25) is 4.79 Å². The molecule has 0 unspecified atom stereocenters. The zero-order chi connectivity index (χ0) is 27.3. The molecule has 0 saturated carbocycles. The molecule has 0 atom stereocenters. The minimum absolute atomic E-state index is 0.0480. The molecule has 0 saturated heterocycles. The van der Waals surface area contributed by atoms with Crippen molar-refractivity contribution in [2.75, 3.05) is 6.61 Å². The van der Waals surface area contributed by atoms with Crippen LogP contribution in [0.4, 0.5) is 0 Å². The van der Waals surface area contributed by atoms with E-state index in [1.807, 2.05) is 57.2 Å². The van der Waals surface area contributed by atoms with E-state index in [1.165, 1.54) is 0 Å². The Morgan fingerprint density at radius 1 is 1.06 bits per heavy atom. The molecule has 196 valence electrons. The fourth-order valence-electron chi connectivity index (χ4n) is 3.73. The highest BCUT2D eigenvalue weighted by Gasteiger charge is 2.34. The van der Waals surface area contributed by atoms with Gasteiger partial charge in [-0.25, -0.2) is 30.1 Å². The van der Waals surface area contributed by atoms with E-state index in [2.05, 4.69) is 25.3 Å². The predicted octanol–water partition coefficient (Wildman–Crippen LogP) is 8.76. The summed E-state index contributed by atoms with van der Waals surface area (Å²) in [4.78, 5) is 13.8. The van der Waals surface area contributed by atoms with Gasteiger partial charge in [-0.2, -0.15) is 0 Å². The van der Waals surface area contributed by atoms with E-state index in [-0.39, 0.29) is 16.5 Å². The summed E-state index contributed by atoms with van der Waals surface area (Å²) in [6.07, 6.45) is 0.521. The number of hydrogen-bond donors (Lipinski definition) is 1. The summed E-state index contributed by atoms with van der Waals surface area (Å²) in [7, 11) is 14.8. The lowest BCUT2D eigenvalue weighted by Gasteiger charge is -2.26. The minimum Gasteiger partial charge on any atom is -0.508 e. The van der Waals surface area contributed by atoms with Crippen LogP contribution in [0, 0.1) is 5.41 Å². The Labute approximate surface area is 240 Å². The van der Waals surface area contributed by atoms with Crippen molar-refractivity contribution in [1.82, 2.24) is 4.57 Å². The number of phenols is 1. The maximum Gasteiger partial charge on any atom is 0.643 e. The molecule has 10 heteroatoms. The predicted molar refractivity (Wildman–Crippen MR) is 157 cm³/mol. The number of benzene rings is 2. The summed E-state index contributed by atoms with van der Waals surface area (Å²) < 4.78 is 7.58. The van der Waals surface area contributed by atoms with E-state index in [0.717, 1.165) is 27.1 Å². The SMILES string of the molecule is CCOC(=O)C(C)(C)Cc1c(SC(C)(C)C)c2cc(O)ccc2n1Cc1ccc(Cl)cc1.[Cl][Al]([Cl])[Cl]. The summed E-state index contributed by atoms with van der Waals surface area (Å²) in [6, 6.07) is 13.3. The Bertz CT molecular complexity index is 1170. The number of aromatic nitrogens is 1. The van der Waals surface area contributed by atoms with E-state index in [4.69, 9.17) is 46.5 Å². The van der Waals surface area contributed by atoms with Crippen LogP contribution in [0.3, 0.4) is 0 Å². The first-order chi connectivity index (χ1) is 16.6. The van der Waals surface area contributed by atoms with Crippen LogP contribution in [0.5, 0.6) is 5.75 Å². The van der Waals surface area contributed by atoms with Crippen LogP contribution in [0.1, 0.15) is 52.8 Å². The van der Waals surface area contributed by atoms with Crippen LogP contribution in [-0.2, 0) is 22.5 Å². The van der Waals surface area contributed by atoms with Crippen LogP contribution in [0.2, 0.25) is 5.02 Å². The lowest BCUT2D eigenvalue weighted by atomic mass is 9.87. The third-order valence-corrected chi connectivity index (χ3v) is 6.73. The van der Waals surface area contributed by atoms with Crippen molar-refractivity contribution in [1.29, 1.82) is 0 Å². The molecule has 3 rings (SSSR count). The highest BCUT2D eigenvalue weighted by Crippen LogP contribution is 2.44. The summed E-state index contributed by atoms with van der Waals surface area (Å²) >= 11 is 6.14. The number of ether oxygens (including phenoxy) is 1. The zero-order valence-corrected chi connectivity index (χ0v) is 26.4. The minimum atomic E-state index is -1.72. The number of esters is 1. The quantitative estimate of drug-likeness (QED) is 0.166. The molecule has 0 aliphatic heterocycles. The lowest BCUT2D eigenvalue weighted by molar-refractivity contribution is -0.153. The van der Waals surface area contributed by atoms with Crippen LogP contribution >= 0.6 is 53.5 Å². The van der Waals surface area contributed by atoms with Crippen LogP contribution in [0.15, 0.2) is 47.4 Å². The number of aromatic hydroxyl groups is 1. The second-order valence-electron chi connectivity index (χ2n) is 9.93. The molecule has 0 aliphatic carbocycles. The maximum absolute atomic E-state index is 12.7. The third-order valence-electron chi connectivity index (χ3n) is 5.20.